The lowest BCUT2D eigenvalue weighted by atomic mass is 10.1. The summed E-state index contributed by atoms with van der Waals surface area (Å²) in [6, 6.07) is 7.60. The second-order valence-electron chi connectivity index (χ2n) is 7.93. The predicted molar refractivity (Wildman–Crippen MR) is 123 cm³/mol. The van der Waals surface area contributed by atoms with Gasteiger partial charge in [0.25, 0.3) is 5.56 Å². The molecule has 162 valence electrons. The van der Waals surface area contributed by atoms with Crippen LogP contribution in [0.1, 0.15) is 34.1 Å². The third kappa shape index (κ3) is 4.25. The van der Waals surface area contributed by atoms with Crippen molar-refractivity contribution in [3.8, 4) is 0 Å². The summed E-state index contributed by atoms with van der Waals surface area (Å²) >= 11 is 1.53. The van der Waals surface area contributed by atoms with Crippen molar-refractivity contribution in [2.45, 2.75) is 33.7 Å². The molecule has 1 fully saturated rings. The van der Waals surface area contributed by atoms with E-state index >= 15 is 0 Å². The van der Waals surface area contributed by atoms with Gasteiger partial charge in [-0.2, -0.15) is 0 Å². The van der Waals surface area contributed by atoms with Crippen molar-refractivity contribution >= 4 is 38.9 Å². The fourth-order valence-corrected chi connectivity index (χ4v) is 4.91. The molecule has 1 amide bonds. The number of fused-ring (bicyclic) bond motifs is 1. The fraction of sp³-hybridized carbons (Fsp3) is 0.391. The van der Waals surface area contributed by atoms with E-state index in [0.717, 1.165) is 34.0 Å². The maximum absolute atomic E-state index is 12.8. The highest BCUT2D eigenvalue weighted by Crippen LogP contribution is 2.25. The number of benzene rings is 1. The number of hydrogen-bond acceptors (Lipinski definition) is 6. The Morgan fingerprint density at radius 3 is 2.39 bits per heavy atom. The Morgan fingerprint density at radius 2 is 1.74 bits per heavy atom. The first-order valence-corrected chi connectivity index (χ1v) is 11.3. The van der Waals surface area contributed by atoms with Crippen molar-refractivity contribution in [3.05, 3.63) is 57.0 Å². The number of aryl methyl sites for hydroxylation is 3. The SMILES string of the molecule is CC(=O)c1ccc(N2CCN(C(=O)CCn3cnc4sc(C)c(C)c4c3=O)CC2)cc1. The lowest BCUT2D eigenvalue weighted by molar-refractivity contribution is -0.131. The van der Waals surface area contributed by atoms with Crippen LogP contribution >= 0.6 is 11.3 Å². The maximum Gasteiger partial charge on any atom is 0.262 e. The van der Waals surface area contributed by atoms with Gasteiger partial charge in [-0.05, 0) is 50.6 Å². The van der Waals surface area contributed by atoms with Crippen LogP contribution < -0.4 is 10.5 Å². The molecule has 0 saturated carbocycles. The van der Waals surface area contributed by atoms with Crippen molar-refractivity contribution in [1.29, 1.82) is 0 Å². The summed E-state index contributed by atoms with van der Waals surface area (Å²) in [6.45, 7) is 8.60. The molecule has 0 spiro atoms. The van der Waals surface area contributed by atoms with Gasteiger partial charge in [-0.1, -0.05) is 0 Å². The number of carbonyl (C=O) groups excluding carboxylic acids is 2. The van der Waals surface area contributed by atoms with E-state index in [9.17, 15) is 14.4 Å². The van der Waals surface area contributed by atoms with Crippen LogP contribution in [0.2, 0.25) is 0 Å². The molecule has 0 bridgehead atoms. The summed E-state index contributed by atoms with van der Waals surface area (Å²) in [5, 5.41) is 0.668. The van der Waals surface area contributed by atoms with Gasteiger partial charge in [0.1, 0.15) is 4.83 Å². The average Bonchev–Trinajstić information content (AvgIpc) is 3.07. The van der Waals surface area contributed by atoms with E-state index in [2.05, 4.69) is 9.88 Å². The van der Waals surface area contributed by atoms with Gasteiger partial charge in [0, 0.05) is 55.3 Å². The number of hydrogen-bond donors (Lipinski definition) is 0. The molecule has 0 radical (unpaired) electrons. The van der Waals surface area contributed by atoms with Gasteiger partial charge < -0.3 is 9.80 Å². The third-order valence-corrected chi connectivity index (χ3v) is 7.11. The highest BCUT2D eigenvalue weighted by atomic mass is 32.1. The molecule has 7 nitrogen and oxygen atoms in total. The lowest BCUT2D eigenvalue weighted by Crippen LogP contribution is -2.49. The van der Waals surface area contributed by atoms with Crippen LogP contribution in [0.5, 0.6) is 0 Å². The largest absolute Gasteiger partial charge is 0.368 e. The van der Waals surface area contributed by atoms with Crippen molar-refractivity contribution in [1.82, 2.24) is 14.5 Å². The molecular formula is C23H26N4O3S. The van der Waals surface area contributed by atoms with Crippen molar-refractivity contribution in [2.75, 3.05) is 31.1 Å². The second kappa shape index (κ2) is 8.63. The molecule has 1 saturated heterocycles. The van der Waals surface area contributed by atoms with Gasteiger partial charge in [0.15, 0.2) is 5.78 Å². The molecule has 3 heterocycles. The number of rotatable bonds is 5. The van der Waals surface area contributed by atoms with Crippen molar-refractivity contribution in [2.24, 2.45) is 0 Å². The Bertz CT molecular complexity index is 1190. The number of anilines is 1. The molecule has 0 N–H and O–H groups in total. The van der Waals surface area contributed by atoms with Gasteiger partial charge in [-0.3, -0.25) is 19.0 Å². The minimum Gasteiger partial charge on any atom is -0.368 e. The number of amides is 1. The molecule has 0 aliphatic carbocycles. The molecule has 0 atom stereocenters. The average molecular weight is 439 g/mol. The Kier molecular flexibility index (Phi) is 5.91. The minimum atomic E-state index is -0.0709. The number of piperazine rings is 1. The number of thiophene rings is 1. The predicted octanol–water partition coefficient (Wildman–Crippen LogP) is 3.02. The summed E-state index contributed by atoms with van der Waals surface area (Å²) < 4.78 is 1.55. The molecule has 8 heteroatoms. The molecule has 1 aromatic carbocycles. The number of nitrogens with zero attached hydrogens (tertiary/aromatic N) is 4. The van der Waals surface area contributed by atoms with Gasteiger partial charge >= 0.3 is 0 Å². The van der Waals surface area contributed by atoms with E-state index in [4.69, 9.17) is 0 Å². The van der Waals surface area contributed by atoms with Crippen LogP contribution in [0.4, 0.5) is 5.69 Å². The molecule has 2 aromatic heterocycles. The normalized spacial score (nSPS) is 14.3. The van der Waals surface area contributed by atoms with Crippen LogP contribution in [0.3, 0.4) is 0 Å². The summed E-state index contributed by atoms with van der Waals surface area (Å²) in [6.07, 6.45) is 1.83. The van der Waals surface area contributed by atoms with E-state index in [0.29, 0.717) is 30.6 Å². The lowest BCUT2D eigenvalue weighted by Gasteiger charge is -2.36. The number of Topliss-reactive ketones (excluding diaryl/α,β-unsaturated/α-hetero) is 1. The molecule has 4 rings (SSSR count). The maximum atomic E-state index is 12.8. The van der Waals surface area contributed by atoms with Crippen LogP contribution in [0, 0.1) is 13.8 Å². The standard InChI is InChI=1S/C23H26N4O3S/c1-15-17(3)31-22-21(15)23(30)27(14-24-22)9-8-20(29)26-12-10-25(11-13-26)19-6-4-18(5-7-19)16(2)28/h4-7,14H,8-13H2,1-3H3. The Hall–Kier alpha value is -3.00. The highest BCUT2D eigenvalue weighted by molar-refractivity contribution is 7.18. The first-order valence-electron chi connectivity index (χ1n) is 10.4. The molecule has 31 heavy (non-hydrogen) atoms. The molecule has 1 aliphatic heterocycles. The zero-order valence-electron chi connectivity index (χ0n) is 18.1. The van der Waals surface area contributed by atoms with E-state index < -0.39 is 0 Å². The monoisotopic (exact) mass is 438 g/mol. The first-order chi connectivity index (χ1) is 14.8. The number of carbonyl (C=O) groups is 2. The van der Waals surface area contributed by atoms with Gasteiger partial charge in [0.05, 0.1) is 11.7 Å². The van der Waals surface area contributed by atoms with E-state index in [1.165, 1.54) is 11.3 Å². The summed E-state index contributed by atoms with van der Waals surface area (Å²) in [5.74, 6) is 0.108. The van der Waals surface area contributed by atoms with Crippen LogP contribution in [0.25, 0.3) is 10.2 Å². The molecule has 1 aliphatic rings. The van der Waals surface area contributed by atoms with E-state index in [1.54, 1.807) is 17.8 Å². The Labute approximate surface area is 184 Å². The summed E-state index contributed by atoms with van der Waals surface area (Å²) in [7, 11) is 0. The summed E-state index contributed by atoms with van der Waals surface area (Å²) in [4.78, 5) is 47.3. The molecular weight excluding hydrogens is 412 g/mol. The second-order valence-corrected chi connectivity index (χ2v) is 9.13. The fourth-order valence-electron chi connectivity index (χ4n) is 3.92. The zero-order valence-corrected chi connectivity index (χ0v) is 18.9. The van der Waals surface area contributed by atoms with Crippen LogP contribution in [-0.2, 0) is 11.3 Å². The summed E-state index contributed by atoms with van der Waals surface area (Å²) in [5.41, 5.74) is 2.67. The van der Waals surface area contributed by atoms with E-state index in [-0.39, 0.29) is 23.7 Å². The first kappa shape index (κ1) is 21.2. The van der Waals surface area contributed by atoms with E-state index in [1.807, 2.05) is 43.0 Å². The third-order valence-electron chi connectivity index (χ3n) is 5.99. The van der Waals surface area contributed by atoms with Gasteiger partial charge in [0.2, 0.25) is 5.91 Å². The molecule has 0 unspecified atom stereocenters. The molecule has 3 aromatic rings. The van der Waals surface area contributed by atoms with Crippen molar-refractivity contribution < 1.29 is 9.59 Å². The minimum absolute atomic E-state index is 0.0526. The Balaban J connectivity index is 1.35. The number of aromatic nitrogens is 2. The van der Waals surface area contributed by atoms with Crippen LogP contribution in [0.15, 0.2) is 35.4 Å². The van der Waals surface area contributed by atoms with Gasteiger partial charge in [-0.25, -0.2) is 4.98 Å². The smallest absolute Gasteiger partial charge is 0.262 e. The van der Waals surface area contributed by atoms with Gasteiger partial charge in [-0.15, -0.1) is 11.3 Å². The highest BCUT2D eigenvalue weighted by Gasteiger charge is 2.21. The van der Waals surface area contributed by atoms with Crippen molar-refractivity contribution in [3.63, 3.8) is 0 Å². The topological polar surface area (TPSA) is 75.5 Å². The Morgan fingerprint density at radius 1 is 1.06 bits per heavy atom. The van der Waals surface area contributed by atoms with Crippen LogP contribution in [-0.4, -0.2) is 52.3 Å². The number of ketones is 1. The quantitative estimate of drug-likeness (QED) is 0.573. The zero-order chi connectivity index (χ0) is 22.1.